The molecule has 0 unspecified atom stereocenters. The fraction of sp³-hybridized carbons (Fsp3) is 0.200. The van der Waals surface area contributed by atoms with Gasteiger partial charge >= 0.3 is 0 Å². The molecule has 0 heterocycles. The van der Waals surface area contributed by atoms with Gasteiger partial charge in [0.2, 0.25) is 0 Å². The molecule has 2 aromatic carbocycles. The summed E-state index contributed by atoms with van der Waals surface area (Å²) in [6.07, 6.45) is 0. The van der Waals surface area contributed by atoms with E-state index in [1.165, 1.54) is 5.56 Å². The minimum absolute atomic E-state index is 0.248. The van der Waals surface area contributed by atoms with E-state index in [1.54, 1.807) is 6.07 Å². The van der Waals surface area contributed by atoms with Crippen LogP contribution in [0, 0.1) is 0 Å². The third kappa shape index (κ3) is 3.34. The first kappa shape index (κ1) is 13.1. The zero-order chi connectivity index (χ0) is 13.0. The van der Waals surface area contributed by atoms with Gasteiger partial charge in [-0.05, 0) is 30.7 Å². The van der Waals surface area contributed by atoms with Gasteiger partial charge in [0.05, 0.1) is 0 Å². The molecule has 0 radical (unpaired) electrons. The molecule has 0 aliphatic carbocycles. The molecule has 2 nitrogen and oxygen atoms in total. The third-order valence-corrected chi connectivity index (χ3v) is 3.49. The van der Waals surface area contributed by atoms with Gasteiger partial charge in [-0.15, -0.1) is 0 Å². The Morgan fingerprint density at radius 2 is 1.78 bits per heavy atom. The van der Waals surface area contributed by atoms with Crippen LogP contribution < -0.4 is 5.32 Å². The van der Waals surface area contributed by atoms with Crippen molar-refractivity contribution in [2.75, 3.05) is 0 Å². The molecule has 0 saturated carbocycles. The van der Waals surface area contributed by atoms with E-state index in [0.717, 1.165) is 10.0 Å². The molecule has 0 spiro atoms. The Balaban J connectivity index is 1.98. The smallest absolute Gasteiger partial charge is 0.120 e. The van der Waals surface area contributed by atoms with Crippen LogP contribution in [0.25, 0.3) is 0 Å². The molecule has 0 aromatic heterocycles. The zero-order valence-corrected chi connectivity index (χ0v) is 11.8. The molecular weight excluding hydrogens is 290 g/mol. The van der Waals surface area contributed by atoms with Crippen molar-refractivity contribution in [1.82, 2.24) is 5.32 Å². The molecule has 0 aliphatic rings. The van der Waals surface area contributed by atoms with Crippen molar-refractivity contribution < 1.29 is 5.11 Å². The predicted molar refractivity (Wildman–Crippen MR) is 77.5 cm³/mol. The predicted octanol–water partition coefficient (Wildman–Crippen LogP) is 4.01. The first-order chi connectivity index (χ1) is 8.66. The Morgan fingerprint density at radius 1 is 1.11 bits per heavy atom. The van der Waals surface area contributed by atoms with Gasteiger partial charge in [0.1, 0.15) is 5.75 Å². The van der Waals surface area contributed by atoms with Gasteiger partial charge in [-0.3, -0.25) is 0 Å². The number of nitrogens with one attached hydrogen (secondary N) is 1. The lowest BCUT2D eigenvalue weighted by atomic mass is 10.1. The molecule has 2 N–H and O–H groups in total. The second kappa shape index (κ2) is 6.03. The number of phenols is 1. The molecule has 0 aliphatic heterocycles. The van der Waals surface area contributed by atoms with Crippen LogP contribution in [0.15, 0.2) is 53.0 Å². The summed E-state index contributed by atoms with van der Waals surface area (Å²) in [5.74, 6) is 0.341. The average Bonchev–Trinajstić information content (AvgIpc) is 2.38. The SMILES string of the molecule is C[C@H](NCc1ccccc1O)c1ccc(Br)cc1. The number of hydrogen-bond acceptors (Lipinski definition) is 2. The summed E-state index contributed by atoms with van der Waals surface area (Å²) in [6, 6.07) is 15.9. The van der Waals surface area contributed by atoms with E-state index in [4.69, 9.17) is 0 Å². The molecule has 2 aromatic rings. The van der Waals surface area contributed by atoms with Crippen LogP contribution in [-0.2, 0) is 6.54 Å². The lowest BCUT2D eigenvalue weighted by molar-refractivity contribution is 0.460. The summed E-state index contributed by atoms with van der Waals surface area (Å²) in [7, 11) is 0. The van der Waals surface area contributed by atoms with E-state index in [1.807, 2.05) is 30.3 Å². The van der Waals surface area contributed by atoms with E-state index >= 15 is 0 Å². The Labute approximate surface area is 116 Å². The van der Waals surface area contributed by atoms with E-state index in [0.29, 0.717) is 12.3 Å². The van der Waals surface area contributed by atoms with E-state index in [9.17, 15) is 5.11 Å². The fourth-order valence-electron chi connectivity index (χ4n) is 1.79. The van der Waals surface area contributed by atoms with Crippen molar-refractivity contribution in [1.29, 1.82) is 0 Å². The van der Waals surface area contributed by atoms with Crippen LogP contribution in [0.3, 0.4) is 0 Å². The number of hydrogen-bond donors (Lipinski definition) is 2. The maximum absolute atomic E-state index is 9.68. The molecule has 1 atom stereocenters. The summed E-state index contributed by atoms with van der Waals surface area (Å²) in [6.45, 7) is 2.77. The van der Waals surface area contributed by atoms with Gasteiger partial charge in [-0.2, -0.15) is 0 Å². The summed E-state index contributed by atoms with van der Waals surface area (Å²) >= 11 is 3.43. The number of para-hydroxylation sites is 1. The summed E-state index contributed by atoms with van der Waals surface area (Å²) in [5.41, 5.74) is 2.15. The van der Waals surface area contributed by atoms with Crippen LogP contribution in [0.1, 0.15) is 24.1 Å². The molecule has 18 heavy (non-hydrogen) atoms. The molecule has 0 amide bonds. The topological polar surface area (TPSA) is 32.3 Å². The van der Waals surface area contributed by atoms with Crippen molar-refractivity contribution >= 4 is 15.9 Å². The number of rotatable bonds is 4. The lowest BCUT2D eigenvalue weighted by Gasteiger charge is -2.15. The zero-order valence-electron chi connectivity index (χ0n) is 10.2. The largest absolute Gasteiger partial charge is 0.508 e. The number of aromatic hydroxyl groups is 1. The number of halogens is 1. The monoisotopic (exact) mass is 305 g/mol. The van der Waals surface area contributed by atoms with E-state index < -0.39 is 0 Å². The van der Waals surface area contributed by atoms with Crippen molar-refractivity contribution in [3.8, 4) is 5.75 Å². The van der Waals surface area contributed by atoms with Crippen molar-refractivity contribution in [2.24, 2.45) is 0 Å². The highest BCUT2D eigenvalue weighted by Crippen LogP contribution is 2.19. The van der Waals surface area contributed by atoms with Gasteiger partial charge in [-0.1, -0.05) is 46.3 Å². The number of benzene rings is 2. The third-order valence-electron chi connectivity index (χ3n) is 2.96. The van der Waals surface area contributed by atoms with Gasteiger partial charge in [0.15, 0.2) is 0 Å². The summed E-state index contributed by atoms with van der Waals surface area (Å²) in [5, 5.41) is 13.1. The highest BCUT2D eigenvalue weighted by Gasteiger charge is 2.06. The van der Waals surface area contributed by atoms with Crippen LogP contribution in [-0.4, -0.2) is 5.11 Å². The van der Waals surface area contributed by atoms with Crippen LogP contribution in [0.2, 0.25) is 0 Å². The van der Waals surface area contributed by atoms with Crippen molar-refractivity contribution in [2.45, 2.75) is 19.5 Å². The normalized spacial score (nSPS) is 12.3. The van der Waals surface area contributed by atoms with Gasteiger partial charge in [0, 0.05) is 22.6 Å². The first-order valence-corrected chi connectivity index (χ1v) is 6.72. The fourth-order valence-corrected chi connectivity index (χ4v) is 2.06. The molecule has 0 bridgehead atoms. The molecule has 2 rings (SSSR count). The minimum Gasteiger partial charge on any atom is -0.508 e. The lowest BCUT2D eigenvalue weighted by Crippen LogP contribution is -2.18. The maximum Gasteiger partial charge on any atom is 0.120 e. The quantitative estimate of drug-likeness (QED) is 0.894. The Bertz CT molecular complexity index is 510. The molecular formula is C15H16BrNO. The highest BCUT2D eigenvalue weighted by molar-refractivity contribution is 9.10. The second-order valence-electron chi connectivity index (χ2n) is 4.28. The number of phenolic OH excluding ortho intramolecular Hbond substituents is 1. The Kier molecular flexibility index (Phi) is 4.39. The molecule has 0 fully saturated rings. The Hall–Kier alpha value is -1.32. The van der Waals surface area contributed by atoms with E-state index in [2.05, 4.69) is 40.3 Å². The van der Waals surface area contributed by atoms with Crippen LogP contribution >= 0.6 is 15.9 Å². The van der Waals surface area contributed by atoms with Gasteiger partial charge in [0.25, 0.3) is 0 Å². The summed E-state index contributed by atoms with van der Waals surface area (Å²) in [4.78, 5) is 0. The van der Waals surface area contributed by atoms with Crippen molar-refractivity contribution in [3.63, 3.8) is 0 Å². The molecule has 0 saturated heterocycles. The van der Waals surface area contributed by atoms with Crippen molar-refractivity contribution in [3.05, 3.63) is 64.1 Å². The second-order valence-corrected chi connectivity index (χ2v) is 5.20. The summed E-state index contributed by atoms with van der Waals surface area (Å²) < 4.78 is 1.08. The van der Waals surface area contributed by atoms with Crippen LogP contribution in [0.5, 0.6) is 5.75 Å². The van der Waals surface area contributed by atoms with Gasteiger partial charge < -0.3 is 10.4 Å². The molecule has 3 heteroatoms. The molecule has 94 valence electrons. The Morgan fingerprint density at radius 3 is 2.44 bits per heavy atom. The van der Waals surface area contributed by atoms with Gasteiger partial charge in [-0.25, -0.2) is 0 Å². The standard InChI is InChI=1S/C15H16BrNO/c1-11(12-6-8-14(16)9-7-12)17-10-13-4-2-3-5-15(13)18/h2-9,11,17-18H,10H2,1H3/t11-/m0/s1. The first-order valence-electron chi connectivity index (χ1n) is 5.92. The average molecular weight is 306 g/mol. The highest BCUT2D eigenvalue weighted by atomic mass is 79.9. The van der Waals surface area contributed by atoms with Crippen LogP contribution in [0.4, 0.5) is 0 Å². The maximum atomic E-state index is 9.68. The minimum atomic E-state index is 0.248. The van der Waals surface area contributed by atoms with E-state index in [-0.39, 0.29) is 6.04 Å².